The van der Waals surface area contributed by atoms with Crippen molar-refractivity contribution >= 4 is 72.7 Å². The second-order valence-electron chi connectivity index (χ2n) is 13.1. The summed E-state index contributed by atoms with van der Waals surface area (Å²) in [5.41, 5.74) is 1.57. The minimum absolute atomic E-state index is 0.00265. The van der Waals surface area contributed by atoms with Crippen molar-refractivity contribution in [3.63, 3.8) is 0 Å². The van der Waals surface area contributed by atoms with Crippen molar-refractivity contribution in [3.8, 4) is 5.75 Å². The van der Waals surface area contributed by atoms with Crippen molar-refractivity contribution < 1.29 is 37.1 Å². The van der Waals surface area contributed by atoms with E-state index in [1.54, 1.807) is 11.8 Å². The highest BCUT2D eigenvalue weighted by molar-refractivity contribution is 7.92. The van der Waals surface area contributed by atoms with Crippen LogP contribution in [0.3, 0.4) is 0 Å². The lowest BCUT2D eigenvalue weighted by molar-refractivity contribution is -0.135. The molecule has 50 heavy (non-hydrogen) atoms. The molecule has 3 aliphatic rings. The third-order valence-corrected chi connectivity index (χ3v) is 11.3. The molecule has 0 bridgehead atoms. The molecule has 262 valence electrons. The molecule has 3 saturated heterocycles. The number of amides is 4. The Kier molecular flexibility index (Phi) is 8.04. The van der Waals surface area contributed by atoms with E-state index in [2.05, 4.69) is 22.5 Å². The van der Waals surface area contributed by atoms with Crippen molar-refractivity contribution in [2.24, 2.45) is 18.9 Å². The Morgan fingerprint density at radius 3 is 2.52 bits per heavy atom. The Labute approximate surface area is 284 Å². The number of carbonyl (C=O) groups excluding carboxylic acids is 4. The van der Waals surface area contributed by atoms with Gasteiger partial charge in [0, 0.05) is 49.7 Å². The Morgan fingerprint density at radius 1 is 1.04 bits per heavy atom. The minimum atomic E-state index is -4.34. The summed E-state index contributed by atoms with van der Waals surface area (Å²) in [6.45, 7) is 2.73. The fourth-order valence-electron chi connectivity index (χ4n) is 7.26. The number of anilines is 3. The lowest BCUT2D eigenvalue weighted by Crippen LogP contribution is -2.44. The average Bonchev–Trinajstić information content (AvgIpc) is 3.46. The molecule has 7 rings (SSSR count). The zero-order chi connectivity index (χ0) is 35.6. The number of fused-ring (bicyclic) bond motifs is 2. The molecule has 1 aromatic heterocycles. The smallest absolute Gasteiger partial charge is 0.329 e. The van der Waals surface area contributed by atoms with Gasteiger partial charge in [0.15, 0.2) is 5.82 Å². The van der Waals surface area contributed by atoms with E-state index in [0.29, 0.717) is 34.1 Å². The van der Waals surface area contributed by atoms with Crippen LogP contribution in [0, 0.1) is 17.7 Å². The van der Waals surface area contributed by atoms with Crippen LogP contribution in [0.25, 0.3) is 21.8 Å². The van der Waals surface area contributed by atoms with Crippen LogP contribution in [0.1, 0.15) is 38.6 Å². The molecular weight excluding hydrogens is 673 g/mol. The number of benzene rings is 3. The number of halogens is 1. The number of aromatic hydroxyl groups is 1. The quantitative estimate of drug-likeness (QED) is 0.217. The van der Waals surface area contributed by atoms with Crippen molar-refractivity contribution in [2.75, 3.05) is 34.2 Å². The number of rotatable bonds is 6. The molecule has 0 radical (unpaired) electrons. The van der Waals surface area contributed by atoms with Gasteiger partial charge in [0.1, 0.15) is 24.0 Å². The van der Waals surface area contributed by atoms with Crippen LogP contribution in [0.5, 0.6) is 5.75 Å². The number of hydrogen-bond donors (Lipinski definition) is 4. The molecular formula is C33H34FN7O8S. The van der Waals surface area contributed by atoms with E-state index in [1.807, 2.05) is 18.2 Å². The van der Waals surface area contributed by atoms with Crippen molar-refractivity contribution in [3.05, 3.63) is 58.8 Å². The van der Waals surface area contributed by atoms with E-state index in [1.165, 1.54) is 33.4 Å². The van der Waals surface area contributed by atoms with Crippen molar-refractivity contribution in [1.29, 1.82) is 0 Å². The summed E-state index contributed by atoms with van der Waals surface area (Å²) in [5.74, 6) is -3.43. The summed E-state index contributed by atoms with van der Waals surface area (Å²) in [5, 5.41) is 15.9. The highest BCUT2D eigenvalue weighted by Crippen LogP contribution is 2.39. The van der Waals surface area contributed by atoms with Gasteiger partial charge in [-0.1, -0.05) is 6.92 Å². The fraction of sp³-hybridized carbons (Fsp3) is 0.364. The second kappa shape index (κ2) is 12.2. The number of nitrogens with one attached hydrogen (secondary N) is 3. The Hall–Kier alpha value is -5.45. The molecule has 4 N–H and O–H groups in total. The maximum absolute atomic E-state index is 15.4. The van der Waals surface area contributed by atoms with E-state index in [0.717, 1.165) is 12.1 Å². The largest absolute Gasteiger partial charge is 0.506 e. The van der Waals surface area contributed by atoms with Gasteiger partial charge in [-0.3, -0.25) is 33.6 Å². The number of phenols is 1. The summed E-state index contributed by atoms with van der Waals surface area (Å²) >= 11 is 0. The second-order valence-corrected chi connectivity index (χ2v) is 14.7. The third-order valence-electron chi connectivity index (χ3n) is 9.87. The number of imide groups is 1. The van der Waals surface area contributed by atoms with E-state index in [-0.39, 0.29) is 59.4 Å². The van der Waals surface area contributed by atoms with Gasteiger partial charge in [0.2, 0.25) is 17.7 Å². The van der Waals surface area contributed by atoms with E-state index >= 15 is 4.39 Å². The van der Waals surface area contributed by atoms with Gasteiger partial charge in [-0.2, -0.15) is 8.42 Å². The Morgan fingerprint density at radius 2 is 1.82 bits per heavy atom. The standard InChI is InChI=1S/C33H34FN7O8S/c1-17-15-39(21-4-6-23-25(14-21)38(2)33(47)41(23)24-7-8-27(43)36-32(24)46)10-9-18(17)13-28(44)35-20-3-5-22-19(11-20)12-26(42)31(30(22)34)40-16-29(45)37-50(40,48)49/h3-6,11-12,14,17-18,24,42H,7-10,13,15-16H2,1-2H3,(H,35,44)(H,37,45)(H,36,43,46)/t17-,18+,24?/m1/s1. The first-order chi connectivity index (χ1) is 23.7. The summed E-state index contributed by atoms with van der Waals surface area (Å²) in [7, 11) is -2.69. The fourth-order valence-corrected chi connectivity index (χ4v) is 8.42. The highest BCUT2D eigenvalue weighted by atomic mass is 32.2. The molecule has 3 aliphatic heterocycles. The number of hydrogen-bond acceptors (Lipinski definition) is 9. The minimum Gasteiger partial charge on any atom is -0.506 e. The third kappa shape index (κ3) is 5.70. The molecule has 0 spiro atoms. The summed E-state index contributed by atoms with van der Waals surface area (Å²) in [4.78, 5) is 64.3. The molecule has 1 unspecified atom stereocenters. The van der Waals surface area contributed by atoms with Crippen LogP contribution in [-0.2, 0) is 36.4 Å². The summed E-state index contributed by atoms with van der Waals surface area (Å²) in [6.07, 6.45) is 1.37. The molecule has 3 aromatic carbocycles. The van der Waals surface area contributed by atoms with Crippen LogP contribution < -0.4 is 30.3 Å². The first-order valence-electron chi connectivity index (χ1n) is 16.1. The van der Waals surface area contributed by atoms with Crippen LogP contribution in [0.4, 0.5) is 21.5 Å². The molecule has 15 nitrogen and oxygen atoms in total. The van der Waals surface area contributed by atoms with E-state index < -0.39 is 51.9 Å². The first-order valence-corrected chi connectivity index (χ1v) is 17.5. The molecule has 3 fully saturated rings. The summed E-state index contributed by atoms with van der Waals surface area (Å²) < 4.78 is 45.1. The van der Waals surface area contributed by atoms with Crippen molar-refractivity contribution in [2.45, 2.75) is 38.6 Å². The van der Waals surface area contributed by atoms with Gasteiger partial charge in [0.25, 0.3) is 5.91 Å². The Bertz CT molecular complexity index is 2300. The highest BCUT2D eigenvalue weighted by Gasteiger charge is 2.38. The molecule has 0 saturated carbocycles. The number of aryl methyl sites for hydroxylation is 1. The molecule has 0 aliphatic carbocycles. The molecule has 3 atom stereocenters. The number of imidazole rings is 1. The zero-order valence-corrected chi connectivity index (χ0v) is 27.9. The van der Waals surface area contributed by atoms with Gasteiger partial charge in [-0.05, 0) is 72.5 Å². The van der Waals surface area contributed by atoms with Gasteiger partial charge in [-0.25, -0.2) is 18.2 Å². The average molecular weight is 708 g/mol. The first kappa shape index (κ1) is 33.1. The SMILES string of the molecule is C[C@@H]1CN(c2ccc3c(c2)n(C)c(=O)n3C2CCC(=O)NC2=O)CC[C@H]1CC(=O)Nc1ccc2c(F)c(N3CC(=O)NS3(=O)=O)c(O)cc2c1. The number of phenolic OH excluding ortho intramolecular Hbond substituents is 1. The molecule has 4 aromatic rings. The topological polar surface area (TPSA) is 192 Å². The van der Waals surface area contributed by atoms with Crippen LogP contribution in [0.2, 0.25) is 0 Å². The van der Waals surface area contributed by atoms with Gasteiger partial charge >= 0.3 is 15.9 Å². The molecule has 17 heteroatoms. The van der Waals surface area contributed by atoms with Crippen LogP contribution in [-0.4, -0.2) is 65.9 Å². The van der Waals surface area contributed by atoms with E-state index in [9.17, 15) is 37.5 Å². The number of aromatic nitrogens is 2. The Balaban J connectivity index is 1.02. The predicted octanol–water partition coefficient (Wildman–Crippen LogP) is 1.99. The lowest BCUT2D eigenvalue weighted by atomic mass is 9.84. The number of nitrogens with zero attached hydrogens (tertiary/aromatic N) is 4. The molecule has 4 amide bonds. The monoisotopic (exact) mass is 707 g/mol. The van der Waals surface area contributed by atoms with Gasteiger partial charge in [0.05, 0.1) is 11.0 Å². The van der Waals surface area contributed by atoms with Gasteiger partial charge < -0.3 is 15.3 Å². The number of piperidine rings is 2. The van der Waals surface area contributed by atoms with Crippen LogP contribution >= 0.6 is 0 Å². The predicted molar refractivity (Wildman–Crippen MR) is 181 cm³/mol. The lowest BCUT2D eigenvalue weighted by Gasteiger charge is -2.38. The van der Waals surface area contributed by atoms with Crippen LogP contribution in [0.15, 0.2) is 47.3 Å². The molecule has 4 heterocycles. The zero-order valence-electron chi connectivity index (χ0n) is 27.1. The summed E-state index contributed by atoms with van der Waals surface area (Å²) in [6, 6.07) is 10.4. The number of carbonyl (C=O) groups is 4. The maximum atomic E-state index is 15.4. The maximum Gasteiger partial charge on any atom is 0.329 e. The van der Waals surface area contributed by atoms with Crippen molar-refractivity contribution in [1.82, 2.24) is 19.2 Å². The van der Waals surface area contributed by atoms with E-state index in [4.69, 9.17) is 0 Å². The normalized spacial score (nSPS) is 22.2. The van der Waals surface area contributed by atoms with Gasteiger partial charge in [-0.15, -0.1) is 0 Å².